The van der Waals surface area contributed by atoms with Gasteiger partial charge in [0.2, 0.25) is 5.91 Å². The first-order chi connectivity index (χ1) is 10.6. The monoisotopic (exact) mass is 299 g/mol. The molecule has 2 rings (SSSR count). The Morgan fingerprint density at radius 3 is 2.91 bits per heavy atom. The molecule has 2 aromatic rings. The zero-order valence-electron chi connectivity index (χ0n) is 12.6. The van der Waals surface area contributed by atoms with Crippen molar-refractivity contribution >= 4 is 11.6 Å². The molecule has 0 fully saturated rings. The molecule has 3 N–H and O–H groups in total. The lowest BCUT2D eigenvalue weighted by Gasteiger charge is -2.13. The summed E-state index contributed by atoms with van der Waals surface area (Å²) in [6.45, 7) is 2.89. The lowest BCUT2D eigenvalue weighted by molar-refractivity contribution is -0.114. The molecule has 0 bridgehead atoms. The number of rotatable bonds is 7. The Morgan fingerprint density at radius 2 is 2.18 bits per heavy atom. The molecule has 1 heterocycles. The van der Waals surface area contributed by atoms with E-state index in [0.717, 1.165) is 17.7 Å². The van der Waals surface area contributed by atoms with Crippen LogP contribution in [0, 0.1) is 0 Å². The second kappa shape index (κ2) is 8.26. The molecule has 0 radical (unpaired) electrons. The van der Waals surface area contributed by atoms with Crippen LogP contribution in [-0.4, -0.2) is 22.5 Å². The van der Waals surface area contributed by atoms with E-state index in [2.05, 4.69) is 15.6 Å². The summed E-state index contributed by atoms with van der Waals surface area (Å²) >= 11 is 0. The Labute approximate surface area is 130 Å². The Bertz CT molecular complexity index is 602. The average molecular weight is 299 g/mol. The summed E-state index contributed by atoms with van der Waals surface area (Å²) in [7, 11) is 0. The predicted molar refractivity (Wildman–Crippen MR) is 86.3 cm³/mol. The molecule has 0 saturated carbocycles. The molecule has 22 heavy (non-hydrogen) atoms. The summed E-state index contributed by atoms with van der Waals surface area (Å²) < 4.78 is 0. The third-order valence-electron chi connectivity index (χ3n) is 3.24. The van der Waals surface area contributed by atoms with Crippen molar-refractivity contribution in [1.29, 1.82) is 0 Å². The first-order valence-corrected chi connectivity index (χ1v) is 7.30. The van der Waals surface area contributed by atoms with Crippen molar-refractivity contribution in [3.63, 3.8) is 0 Å². The molecule has 1 amide bonds. The van der Waals surface area contributed by atoms with E-state index in [0.29, 0.717) is 18.7 Å². The zero-order chi connectivity index (χ0) is 15.8. The fourth-order valence-corrected chi connectivity index (χ4v) is 2.17. The number of nitrogens with one attached hydrogen (secondary N) is 2. The minimum atomic E-state index is -0.560. The Hall–Kier alpha value is -2.24. The predicted octanol–water partition coefficient (Wildman–Crippen LogP) is 2.25. The maximum Gasteiger partial charge on any atom is 0.221 e. The number of hydrogen-bond donors (Lipinski definition) is 3. The van der Waals surface area contributed by atoms with Crippen LogP contribution < -0.4 is 10.6 Å². The maximum atomic E-state index is 11.1. The van der Waals surface area contributed by atoms with Crippen molar-refractivity contribution in [2.75, 3.05) is 11.9 Å². The van der Waals surface area contributed by atoms with Crippen molar-refractivity contribution in [3.8, 4) is 0 Å². The maximum absolute atomic E-state index is 11.1. The topological polar surface area (TPSA) is 74.2 Å². The van der Waals surface area contributed by atoms with Gasteiger partial charge in [-0.1, -0.05) is 18.2 Å². The number of aliphatic hydroxyl groups is 1. The number of carbonyl (C=O) groups excluding carboxylic acids is 1. The second-order valence-corrected chi connectivity index (χ2v) is 5.15. The lowest BCUT2D eigenvalue weighted by Crippen LogP contribution is -2.17. The molecule has 1 aromatic carbocycles. The van der Waals surface area contributed by atoms with Crippen molar-refractivity contribution < 1.29 is 9.90 Å². The molecule has 5 nitrogen and oxygen atoms in total. The molecule has 116 valence electrons. The van der Waals surface area contributed by atoms with Gasteiger partial charge in [0.05, 0.1) is 6.10 Å². The third kappa shape index (κ3) is 5.27. The average Bonchev–Trinajstić information content (AvgIpc) is 2.52. The van der Waals surface area contributed by atoms with Crippen molar-refractivity contribution in [2.24, 2.45) is 0 Å². The van der Waals surface area contributed by atoms with Crippen molar-refractivity contribution in [1.82, 2.24) is 10.3 Å². The number of amides is 1. The highest BCUT2D eigenvalue weighted by Gasteiger charge is 2.08. The highest BCUT2D eigenvalue weighted by molar-refractivity contribution is 5.88. The fraction of sp³-hybridized carbons (Fsp3) is 0.294. The van der Waals surface area contributed by atoms with Gasteiger partial charge in [-0.3, -0.25) is 9.78 Å². The van der Waals surface area contributed by atoms with Gasteiger partial charge >= 0.3 is 0 Å². The van der Waals surface area contributed by atoms with Crippen LogP contribution in [-0.2, 0) is 11.3 Å². The van der Waals surface area contributed by atoms with Gasteiger partial charge in [0.25, 0.3) is 0 Å². The standard InChI is InChI=1S/C17H21N3O2/c1-13(21)20-16-6-2-5-15(10-16)17(22)7-9-19-12-14-4-3-8-18-11-14/h2-6,8,10-11,17,19,22H,7,9,12H2,1H3,(H,20,21). The minimum Gasteiger partial charge on any atom is -0.388 e. The van der Waals surface area contributed by atoms with Crippen LogP contribution >= 0.6 is 0 Å². The second-order valence-electron chi connectivity index (χ2n) is 5.15. The van der Waals surface area contributed by atoms with Gasteiger partial charge in [-0.15, -0.1) is 0 Å². The van der Waals surface area contributed by atoms with Crippen LogP contribution in [0.4, 0.5) is 5.69 Å². The molecular formula is C17H21N3O2. The van der Waals surface area contributed by atoms with Gasteiger partial charge in [-0.25, -0.2) is 0 Å². The quantitative estimate of drug-likeness (QED) is 0.686. The number of carbonyl (C=O) groups is 1. The number of nitrogens with zero attached hydrogens (tertiary/aromatic N) is 1. The number of aromatic nitrogens is 1. The first kappa shape index (κ1) is 16.1. The molecule has 1 aromatic heterocycles. The Kier molecular flexibility index (Phi) is 6.06. The summed E-state index contributed by atoms with van der Waals surface area (Å²) in [5, 5.41) is 16.2. The minimum absolute atomic E-state index is 0.121. The number of hydrogen-bond acceptors (Lipinski definition) is 4. The van der Waals surface area contributed by atoms with E-state index < -0.39 is 6.10 Å². The van der Waals surface area contributed by atoms with Crippen molar-refractivity contribution in [2.45, 2.75) is 26.0 Å². The number of pyridine rings is 1. The van der Waals surface area contributed by atoms with Crippen LogP contribution in [0.1, 0.15) is 30.6 Å². The number of anilines is 1. The Morgan fingerprint density at radius 1 is 1.32 bits per heavy atom. The smallest absolute Gasteiger partial charge is 0.221 e. The zero-order valence-corrected chi connectivity index (χ0v) is 12.6. The van der Waals surface area contributed by atoms with Gasteiger partial charge in [-0.2, -0.15) is 0 Å². The highest BCUT2D eigenvalue weighted by atomic mass is 16.3. The van der Waals surface area contributed by atoms with E-state index >= 15 is 0 Å². The van der Waals surface area contributed by atoms with E-state index in [1.54, 1.807) is 18.3 Å². The van der Waals surface area contributed by atoms with Crippen LogP contribution in [0.3, 0.4) is 0 Å². The van der Waals surface area contributed by atoms with Gasteiger partial charge < -0.3 is 15.7 Å². The molecule has 0 saturated heterocycles. The summed E-state index contributed by atoms with van der Waals surface area (Å²) in [5.74, 6) is -0.121. The molecule has 1 unspecified atom stereocenters. The molecular weight excluding hydrogens is 278 g/mol. The number of benzene rings is 1. The van der Waals surface area contributed by atoms with Crippen LogP contribution in [0.5, 0.6) is 0 Å². The van der Waals surface area contributed by atoms with Gasteiger partial charge in [-0.05, 0) is 42.3 Å². The fourth-order valence-electron chi connectivity index (χ4n) is 2.17. The SMILES string of the molecule is CC(=O)Nc1cccc(C(O)CCNCc2cccnc2)c1. The molecule has 5 heteroatoms. The third-order valence-corrected chi connectivity index (χ3v) is 3.24. The van der Waals surface area contributed by atoms with Crippen LogP contribution in [0.2, 0.25) is 0 Å². The van der Waals surface area contributed by atoms with Crippen molar-refractivity contribution in [3.05, 3.63) is 59.9 Å². The molecule has 1 atom stereocenters. The van der Waals surface area contributed by atoms with E-state index in [-0.39, 0.29) is 5.91 Å². The summed E-state index contributed by atoms with van der Waals surface area (Å²) in [5.41, 5.74) is 2.62. The van der Waals surface area contributed by atoms with Gasteiger partial charge in [0, 0.05) is 31.5 Å². The normalized spacial score (nSPS) is 11.9. The van der Waals surface area contributed by atoms with Crippen LogP contribution in [0.25, 0.3) is 0 Å². The van der Waals surface area contributed by atoms with E-state index in [4.69, 9.17) is 0 Å². The molecule has 0 aliphatic rings. The largest absolute Gasteiger partial charge is 0.388 e. The van der Waals surface area contributed by atoms with E-state index in [1.807, 2.05) is 30.5 Å². The van der Waals surface area contributed by atoms with Gasteiger partial charge in [0.15, 0.2) is 0 Å². The number of aliphatic hydroxyl groups excluding tert-OH is 1. The molecule has 0 aliphatic carbocycles. The van der Waals surface area contributed by atoms with E-state index in [1.165, 1.54) is 6.92 Å². The first-order valence-electron chi connectivity index (χ1n) is 7.30. The summed E-state index contributed by atoms with van der Waals surface area (Å²) in [4.78, 5) is 15.1. The Balaban J connectivity index is 1.79. The summed E-state index contributed by atoms with van der Waals surface area (Å²) in [6, 6.07) is 11.2. The lowest BCUT2D eigenvalue weighted by atomic mass is 10.1. The van der Waals surface area contributed by atoms with Gasteiger partial charge in [0.1, 0.15) is 0 Å². The molecule has 0 spiro atoms. The highest BCUT2D eigenvalue weighted by Crippen LogP contribution is 2.19. The van der Waals surface area contributed by atoms with E-state index in [9.17, 15) is 9.90 Å². The molecule has 0 aliphatic heterocycles. The van der Waals surface area contributed by atoms with Crippen LogP contribution in [0.15, 0.2) is 48.8 Å². The summed E-state index contributed by atoms with van der Waals surface area (Å²) in [6.07, 6.45) is 3.61.